The Morgan fingerprint density at radius 2 is 1.55 bits per heavy atom. The summed E-state index contributed by atoms with van der Waals surface area (Å²) < 4.78 is 68.6. The SMILES string of the molecule is CCOc1cc(/C=C/C(=O)c2ccc(OC(F)F)c(OC)c2)ccc1OC(F)F. The molecule has 0 aliphatic heterocycles. The molecule has 2 aromatic carbocycles. The summed E-state index contributed by atoms with van der Waals surface area (Å²) in [6.07, 6.45) is 2.69. The van der Waals surface area contributed by atoms with E-state index in [1.54, 1.807) is 6.92 Å². The van der Waals surface area contributed by atoms with E-state index in [2.05, 4.69) is 9.47 Å². The zero-order valence-electron chi connectivity index (χ0n) is 15.5. The van der Waals surface area contributed by atoms with Gasteiger partial charge in [-0.25, -0.2) is 0 Å². The number of hydrogen-bond acceptors (Lipinski definition) is 5. The molecule has 9 heteroatoms. The molecule has 0 fully saturated rings. The van der Waals surface area contributed by atoms with Crippen LogP contribution in [0.25, 0.3) is 6.08 Å². The van der Waals surface area contributed by atoms with Gasteiger partial charge in [0, 0.05) is 5.56 Å². The maximum Gasteiger partial charge on any atom is 0.387 e. The lowest BCUT2D eigenvalue weighted by Gasteiger charge is -2.11. The van der Waals surface area contributed by atoms with Crippen molar-refractivity contribution in [2.45, 2.75) is 20.1 Å². The molecule has 0 saturated carbocycles. The molecule has 156 valence electrons. The first-order valence-corrected chi connectivity index (χ1v) is 8.41. The van der Waals surface area contributed by atoms with Crippen LogP contribution in [0.1, 0.15) is 22.8 Å². The molecule has 0 radical (unpaired) electrons. The lowest BCUT2D eigenvalue weighted by atomic mass is 10.1. The third kappa shape index (κ3) is 6.41. The summed E-state index contributed by atoms with van der Waals surface area (Å²) in [7, 11) is 1.26. The minimum Gasteiger partial charge on any atom is -0.493 e. The van der Waals surface area contributed by atoms with Gasteiger partial charge in [-0.15, -0.1) is 0 Å². The molecular weight excluding hydrogens is 396 g/mol. The molecule has 0 spiro atoms. The molecule has 0 heterocycles. The third-order valence-corrected chi connectivity index (χ3v) is 3.58. The van der Waals surface area contributed by atoms with Crippen LogP contribution in [-0.2, 0) is 0 Å². The molecule has 0 saturated heterocycles. The average molecular weight is 414 g/mol. The standard InChI is InChI=1S/C20H18F4O5/c1-3-27-18-10-12(5-8-16(18)29-20(23)24)4-7-14(25)13-6-9-15(28-19(21)22)17(11-13)26-2/h4-11,19-20H,3H2,1-2H3/b7-4+. The van der Waals surface area contributed by atoms with Crippen LogP contribution in [0.4, 0.5) is 17.6 Å². The highest BCUT2D eigenvalue weighted by molar-refractivity contribution is 6.07. The first-order valence-electron chi connectivity index (χ1n) is 8.41. The first-order chi connectivity index (χ1) is 13.8. The molecule has 0 aliphatic carbocycles. The first kappa shape index (κ1) is 22.1. The van der Waals surface area contributed by atoms with Gasteiger partial charge in [0.1, 0.15) is 0 Å². The number of hydrogen-bond donors (Lipinski definition) is 0. The van der Waals surface area contributed by atoms with Crippen molar-refractivity contribution >= 4 is 11.9 Å². The van der Waals surface area contributed by atoms with E-state index in [0.717, 1.165) is 0 Å². The van der Waals surface area contributed by atoms with Crippen molar-refractivity contribution in [1.82, 2.24) is 0 Å². The average Bonchev–Trinajstić information content (AvgIpc) is 2.67. The summed E-state index contributed by atoms with van der Waals surface area (Å²) in [6.45, 7) is -4.10. The molecule has 0 aliphatic rings. The number of halogens is 4. The van der Waals surface area contributed by atoms with Crippen molar-refractivity contribution in [3.8, 4) is 23.0 Å². The highest BCUT2D eigenvalue weighted by atomic mass is 19.3. The van der Waals surface area contributed by atoms with E-state index in [9.17, 15) is 22.4 Å². The van der Waals surface area contributed by atoms with Gasteiger partial charge in [-0.05, 0) is 48.9 Å². The molecule has 0 N–H and O–H groups in total. The number of methoxy groups -OCH3 is 1. The van der Waals surface area contributed by atoms with Gasteiger partial charge in [-0.3, -0.25) is 4.79 Å². The predicted molar refractivity (Wildman–Crippen MR) is 97.2 cm³/mol. The van der Waals surface area contributed by atoms with E-state index >= 15 is 0 Å². The Hall–Kier alpha value is -3.23. The number of alkyl halides is 4. The van der Waals surface area contributed by atoms with E-state index < -0.39 is 19.0 Å². The normalized spacial score (nSPS) is 11.2. The number of ether oxygens (including phenoxy) is 4. The molecule has 0 amide bonds. The number of rotatable bonds is 10. The van der Waals surface area contributed by atoms with Gasteiger partial charge in [-0.2, -0.15) is 17.6 Å². The molecule has 5 nitrogen and oxygen atoms in total. The summed E-state index contributed by atoms with van der Waals surface area (Å²) in [6, 6.07) is 8.03. The van der Waals surface area contributed by atoms with Gasteiger partial charge in [0.15, 0.2) is 28.8 Å². The molecule has 29 heavy (non-hydrogen) atoms. The number of ketones is 1. The van der Waals surface area contributed by atoms with Gasteiger partial charge in [-0.1, -0.05) is 12.1 Å². The fraction of sp³-hybridized carbons (Fsp3) is 0.250. The number of allylic oxidation sites excluding steroid dienone is 1. The summed E-state index contributed by atoms with van der Waals surface area (Å²) in [5.74, 6) is -0.657. The minimum absolute atomic E-state index is 0.0170. The Morgan fingerprint density at radius 3 is 2.14 bits per heavy atom. The van der Waals surface area contributed by atoms with E-state index in [1.807, 2.05) is 0 Å². The van der Waals surface area contributed by atoms with Crippen LogP contribution in [0, 0.1) is 0 Å². The van der Waals surface area contributed by atoms with E-state index in [1.165, 1.54) is 55.7 Å². The summed E-state index contributed by atoms with van der Waals surface area (Å²) in [5, 5.41) is 0. The van der Waals surface area contributed by atoms with Gasteiger partial charge in [0.05, 0.1) is 13.7 Å². The number of carbonyl (C=O) groups is 1. The third-order valence-electron chi connectivity index (χ3n) is 3.58. The second kappa shape index (κ2) is 10.4. The summed E-state index contributed by atoms with van der Waals surface area (Å²) in [5.41, 5.74) is 0.690. The van der Waals surface area contributed by atoms with Crippen LogP contribution in [0.5, 0.6) is 23.0 Å². The second-order valence-corrected chi connectivity index (χ2v) is 5.46. The van der Waals surface area contributed by atoms with Crippen molar-refractivity contribution < 1.29 is 41.3 Å². The topological polar surface area (TPSA) is 54.0 Å². The lowest BCUT2D eigenvalue weighted by molar-refractivity contribution is -0.0519. The lowest BCUT2D eigenvalue weighted by Crippen LogP contribution is -2.05. The van der Waals surface area contributed by atoms with E-state index in [-0.39, 0.29) is 35.2 Å². The van der Waals surface area contributed by atoms with E-state index in [0.29, 0.717) is 5.56 Å². The monoisotopic (exact) mass is 414 g/mol. The molecule has 2 rings (SSSR count). The maximum atomic E-state index is 12.4. The zero-order chi connectivity index (χ0) is 21.4. The summed E-state index contributed by atoms with van der Waals surface area (Å²) >= 11 is 0. The van der Waals surface area contributed by atoms with Crippen molar-refractivity contribution in [2.75, 3.05) is 13.7 Å². The molecule has 0 bridgehead atoms. The number of benzene rings is 2. The van der Waals surface area contributed by atoms with Crippen molar-refractivity contribution in [1.29, 1.82) is 0 Å². The quantitative estimate of drug-likeness (QED) is 0.304. The van der Waals surface area contributed by atoms with Crippen molar-refractivity contribution in [3.63, 3.8) is 0 Å². The van der Waals surface area contributed by atoms with Crippen molar-refractivity contribution in [2.24, 2.45) is 0 Å². The molecular formula is C20H18F4O5. The van der Waals surface area contributed by atoms with Crippen LogP contribution in [-0.4, -0.2) is 32.7 Å². The van der Waals surface area contributed by atoms with Crippen LogP contribution in [0.2, 0.25) is 0 Å². The van der Waals surface area contributed by atoms with Gasteiger partial charge < -0.3 is 18.9 Å². The second-order valence-electron chi connectivity index (χ2n) is 5.46. The molecule has 0 unspecified atom stereocenters. The predicted octanol–water partition coefficient (Wildman–Crippen LogP) is 5.19. The fourth-order valence-corrected chi connectivity index (χ4v) is 2.37. The fourth-order valence-electron chi connectivity index (χ4n) is 2.37. The Balaban J connectivity index is 2.20. The number of carbonyl (C=O) groups excluding carboxylic acids is 1. The van der Waals surface area contributed by atoms with Crippen molar-refractivity contribution in [3.05, 3.63) is 53.6 Å². The van der Waals surface area contributed by atoms with Gasteiger partial charge in [0.2, 0.25) is 0 Å². The summed E-state index contributed by atoms with van der Waals surface area (Å²) in [4.78, 5) is 12.4. The van der Waals surface area contributed by atoms with Gasteiger partial charge in [0.25, 0.3) is 0 Å². The minimum atomic E-state index is -3.03. The molecule has 0 aromatic heterocycles. The maximum absolute atomic E-state index is 12.4. The van der Waals surface area contributed by atoms with Crippen LogP contribution in [0.3, 0.4) is 0 Å². The Kier molecular flexibility index (Phi) is 7.88. The zero-order valence-corrected chi connectivity index (χ0v) is 15.5. The van der Waals surface area contributed by atoms with Crippen LogP contribution in [0.15, 0.2) is 42.5 Å². The van der Waals surface area contributed by atoms with Gasteiger partial charge >= 0.3 is 13.2 Å². The molecule has 0 atom stereocenters. The smallest absolute Gasteiger partial charge is 0.387 e. The largest absolute Gasteiger partial charge is 0.493 e. The van der Waals surface area contributed by atoms with Crippen LogP contribution >= 0.6 is 0 Å². The highest BCUT2D eigenvalue weighted by Gasteiger charge is 2.14. The Bertz CT molecular complexity index is 868. The highest BCUT2D eigenvalue weighted by Crippen LogP contribution is 2.31. The molecule has 2 aromatic rings. The van der Waals surface area contributed by atoms with Crippen LogP contribution < -0.4 is 18.9 Å². The Labute approximate surface area is 164 Å². The van der Waals surface area contributed by atoms with E-state index in [4.69, 9.17) is 9.47 Å². The Morgan fingerprint density at radius 1 is 0.931 bits per heavy atom.